The zero-order valence-electron chi connectivity index (χ0n) is 12.9. The van der Waals surface area contributed by atoms with Crippen molar-refractivity contribution in [2.24, 2.45) is 0 Å². The van der Waals surface area contributed by atoms with Crippen molar-refractivity contribution in [2.45, 2.75) is 6.42 Å². The fourth-order valence-corrected chi connectivity index (χ4v) is 2.88. The third kappa shape index (κ3) is 3.68. The number of carbonyl (C=O) groups is 1. The Hall–Kier alpha value is -2.11. The maximum atomic E-state index is 12.3. The third-order valence-electron chi connectivity index (χ3n) is 3.46. The molecule has 1 heterocycles. The van der Waals surface area contributed by atoms with E-state index in [0.29, 0.717) is 46.2 Å². The predicted octanol–water partition coefficient (Wildman–Crippen LogP) is 3.95. The van der Waals surface area contributed by atoms with Gasteiger partial charge in [0.05, 0.1) is 24.2 Å². The first-order chi connectivity index (χ1) is 11.6. The monoisotopic (exact) mass is 367 g/mol. The van der Waals surface area contributed by atoms with E-state index in [-0.39, 0.29) is 12.3 Å². The van der Waals surface area contributed by atoms with Gasteiger partial charge >= 0.3 is 0 Å². The molecule has 0 radical (unpaired) electrons. The SMILES string of the molecule is COc1ccc(Cl)cc1NC(=O)Cc1cc(Cl)c2c(c1)OCCO2. The van der Waals surface area contributed by atoms with Crippen LogP contribution in [0.1, 0.15) is 5.56 Å². The van der Waals surface area contributed by atoms with Crippen LogP contribution in [0.4, 0.5) is 5.69 Å². The van der Waals surface area contributed by atoms with Crippen LogP contribution in [0.25, 0.3) is 0 Å². The molecule has 1 aliphatic heterocycles. The summed E-state index contributed by atoms with van der Waals surface area (Å²) in [7, 11) is 1.53. The van der Waals surface area contributed by atoms with Gasteiger partial charge in [0.15, 0.2) is 11.5 Å². The second-order valence-corrected chi connectivity index (χ2v) is 6.02. The molecule has 3 rings (SSSR count). The van der Waals surface area contributed by atoms with Crippen molar-refractivity contribution in [1.82, 2.24) is 0 Å². The highest BCUT2D eigenvalue weighted by Gasteiger charge is 2.18. The average Bonchev–Trinajstić information content (AvgIpc) is 2.55. The minimum Gasteiger partial charge on any atom is -0.495 e. The average molecular weight is 368 g/mol. The molecule has 0 unspecified atom stereocenters. The maximum Gasteiger partial charge on any atom is 0.228 e. The van der Waals surface area contributed by atoms with Crippen molar-refractivity contribution in [3.8, 4) is 17.2 Å². The summed E-state index contributed by atoms with van der Waals surface area (Å²) in [4.78, 5) is 12.3. The van der Waals surface area contributed by atoms with E-state index in [0.717, 1.165) is 5.56 Å². The highest BCUT2D eigenvalue weighted by Crippen LogP contribution is 2.38. The van der Waals surface area contributed by atoms with E-state index in [4.69, 9.17) is 37.4 Å². The summed E-state index contributed by atoms with van der Waals surface area (Å²) < 4.78 is 16.2. The minimum atomic E-state index is -0.219. The van der Waals surface area contributed by atoms with E-state index in [1.54, 1.807) is 30.3 Å². The number of nitrogens with one attached hydrogen (secondary N) is 1. The summed E-state index contributed by atoms with van der Waals surface area (Å²) in [5.41, 5.74) is 1.24. The molecular formula is C17H15Cl2NO4. The Morgan fingerprint density at radius 2 is 2.00 bits per heavy atom. The molecule has 5 nitrogen and oxygen atoms in total. The normalized spacial score (nSPS) is 12.6. The number of hydrogen-bond donors (Lipinski definition) is 1. The van der Waals surface area contributed by atoms with Crippen LogP contribution in [0.15, 0.2) is 30.3 Å². The van der Waals surface area contributed by atoms with E-state index in [1.165, 1.54) is 7.11 Å². The van der Waals surface area contributed by atoms with Gasteiger partial charge in [-0.15, -0.1) is 0 Å². The smallest absolute Gasteiger partial charge is 0.228 e. The van der Waals surface area contributed by atoms with Crippen LogP contribution >= 0.6 is 23.2 Å². The van der Waals surface area contributed by atoms with E-state index >= 15 is 0 Å². The van der Waals surface area contributed by atoms with Crippen LogP contribution in [0.3, 0.4) is 0 Å². The second-order valence-electron chi connectivity index (χ2n) is 5.17. The molecule has 1 N–H and O–H groups in total. The number of halogens is 2. The summed E-state index contributed by atoms with van der Waals surface area (Å²) in [5, 5.41) is 3.72. The van der Waals surface area contributed by atoms with Gasteiger partial charge in [0.2, 0.25) is 5.91 Å². The van der Waals surface area contributed by atoms with Crippen LogP contribution in [0, 0.1) is 0 Å². The fraction of sp³-hybridized carbons (Fsp3) is 0.235. The molecule has 7 heteroatoms. The van der Waals surface area contributed by atoms with Gasteiger partial charge in [0.1, 0.15) is 19.0 Å². The van der Waals surface area contributed by atoms with Gasteiger partial charge < -0.3 is 19.5 Å². The number of anilines is 1. The van der Waals surface area contributed by atoms with Gasteiger partial charge in [-0.1, -0.05) is 23.2 Å². The Morgan fingerprint density at radius 3 is 2.79 bits per heavy atom. The van der Waals surface area contributed by atoms with Crippen LogP contribution in [0.5, 0.6) is 17.2 Å². The number of methoxy groups -OCH3 is 1. The highest BCUT2D eigenvalue weighted by molar-refractivity contribution is 6.32. The van der Waals surface area contributed by atoms with Crippen LogP contribution in [0.2, 0.25) is 10.0 Å². The molecular weight excluding hydrogens is 353 g/mol. The number of benzene rings is 2. The van der Waals surface area contributed by atoms with E-state index in [1.807, 2.05) is 0 Å². The molecule has 2 aromatic carbocycles. The van der Waals surface area contributed by atoms with Crippen molar-refractivity contribution in [1.29, 1.82) is 0 Å². The molecule has 24 heavy (non-hydrogen) atoms. The Kier molecular flexibility index (Phi) is 5.02. The third-order valence-corrected chi connectivity index (χ3v) is 3.97. The molecule has 0 saturated heterocycles. The zero-order chi connectivity index (χ0) is 17.1. The van der Waals surface area contributed by atoms with Gasteiger partial charge in [-0.2, -0.15) is 0 Å². The van der Waals surface area contributed by atoms with Crippen molar-refractivity contribution < 1.29 is 19.0 Å². The molecule has 0 atom stereocenters. The van der Waals surface area contributed by atoms with E-state index in [2.05, 4.69) is 5.32 Å². The molecule has 1 amide bonds. The number of carbonyl (C=O) groups excluding carboxylic acids is 1. The maximum absolute atomic E-state index is 12.3. The number of amides is 1. The summed E-state index contributed by atoms with van der Waals surface area (Å²) in [6, 6.07) is 8.48. The zero-order valence-corrected chi connectivity index (χ0v) is 14.4. The Morgan fingerprint density at radius 1 is 1.21 bits per heavy atom. The van der Waals surface area contributed by atoms with E-state index in [9.17, 15) is 4.79 Å². The van der Waals surface area contributed by atoms with Crippen LogP contribution in [-0.4, -0.2) is 26.2 Å². The molecule has 0 fully saturated rings. The largest absolute Gasteiger partial charge is 0.495 e. The first-order valence-electron chi connectivity index (χ1n) is 7.28. The number of rotatable bonds is 4. The minimum absolute atomic E-state index is 0.131. The molecule has 0 aromatic heterocycles. The van der Waals surface area contributed by atoms with Gasteiger partial charge in [-0.05, 0) is 35.9 Å². The van der Waals surface area contributed by atoms with Crippen molar-refractivity contribution >= 4 is 34.8 Å². The number of hydrogen-bond acceptors (Lipinski definition) is 4. The lowest BCUT2D eigenvalue weighted by Gasteiger charge is -2.20. The summed E-state index contributed by atoms with van der Waals surface area (Å²) in [5.74, 6) is 1.39. The second kappa shape index (κ2) is 7.20. The van der Waals surface area contributed by atoms with Gasteiger partial charge in [0.25, 0.3) is 0 Å². The standard InChI is InChI=1S/C17H15Cl2NO4/c1-22-14-3-2-11(18)9-13(14)20-16(21)8-10-6-12(19)17-15(7-10)23-4-5-24-17/h2-3,6-7,9H,4-5,8H2,1H3,(H,20,21). The molecule has 126 valence electrons. The van der Waals surface area contributed by atoms with Crippen molar-refractivity contribution in [3.05, 3.63) is 45.9 Å². The summed E-state index contributed by atoms with van der Waals surface area (Å²) in [6.07, 6.45) is 0.131. The molecule has 0 saturated carbocycles. The first kappa shape index (κ1) is 16.7. The molecule has 0 spiro atoms. The first-order valence-corrected chi connectivity index (χ1v) is 8.04. The van der Waals surface area contributed by atoms with Crippen molar-refractivity contribution in [2.75, 3.05) is 25.6 Å². The fourth-order valence-electron chi connectivity index (χ4n) is 2.42. The van der Waals surface area contributed by atoms with Crippen LogP contribution < -0.4 is 19.5 Å². The Bertz CT molecular complexity index is 779. The van der Waals surface area contributed by atoms with Gasteiger partial charge in [-0.3, -0.25) is 4.79 Å². The predicted molar refractivity (Wildman–Crippen MR) is 92.8 cm³/mol. The quantitative estimate of drug-likeness (QED) is 0.888. The topological polar surface area (TPSA) is 56.8 Å². The molecule has 2 aromatic rings. The molecule has 0 aliphatic carbocycles. The Balaban J connectivity index is 1.76. The van der Waals surface area contributed by atoms with Gasteiger partial charge in [-0.25, -0.2) is 0 Å². The summed E-state index contributed by atoms with van der Waals surface area (Å²) >= 11 is 12.1. The van der Waals surface area contributed by atoms with Gasteiger partial charge in [0, 0.05) is 5.02 Å². The highest BCUT2D eigenvalue weighted by atomic mass is 35.5. The lowest BCUT2D eigenvalue weighted by Crippen LogP contribution is -2.17. The lowest BCUT2D eigenvalue weighted by molar-refractivity contribution is -0.115. The molecule has 0 bridgehead atoms. The van der Waals surface area contributed by atoms with Crippen LogP contribution in [-0.2, 0) is 11.2 Å². The number of fused-ring (bicyclic) bond motifs is 1. The summed E-state index contributed by atoms with van der Waals surface area (Å²) in [6.45, 7) is 0.916. The van der Waals surface area contributed by atoms with E-state index < -0.39 is 0 Å². The molecule has 1 aliphatic rings. The number of ether oxygens (including phenoxy) is 3. The lowest BCUT2D eigenvalue weighted by atomic mass is 10.1. The Labute approximate surface area is 149 Å². The van der Waals surface area contributed by atoms with Crippen molar-refractivity contribution in [3.63, 3.8) is 0 Å².